The minimum absolute atomic E-state index is 0. The maximum atomic E-state index is 10.5. The van der Waals surface area contributed by atoms with Gasteiger partial charge in [-0.1, -0.05) is 24.4 Å². The highest BCUT2D eigenvalue weighted by atomic mass is 35.5. The molecule has 0 aliphatic rings. The van der Waals surface area contributed by atoms with E-state index in [1.165, 1.54) is 12.1 Å². The molecule has 3 N–H and O–H groups in total. The standard InChI is InChI=1S/C12H18ClN3O2.ClH/c13-11-9-10(16(17)18)5-6-12(11)15-8-4-2-1-3-7-14;/h5-6,9,15H,1-4,7-8,14H2;1H/p-1. The Morgan fingerprint density at radius 3 is 2.53 bits per heavy atom. The van der Waals surface area contributed by atoms with Crippen molar-refractivity contribution in [2.45, 2.75) is 25.7 Å². The first-order chi connectivity index (χ1) is 8.65. The summed E-state index contributed by atoms with van der Waals surface area (Å²) in [5.41, 5.74) is 6.15. The smallest absolute Gasteiger partial charge is 0.271 e. The summed E-state index contributed by atoms with van der Waals surface area (Å²) in [6, 6.07) is 4.45. The molecule has 0 aromatic heterocycles. The Morgan fingerprint density at radius 2 is 1.95 bits per heavy atom. The third kappa shape index (κ3) is 6.61. The van der Waals surface area contributed by atoms with Crippen LogP contribution in [0.15, 0.2) is 18.2 Å². The molecular weight excluding hydrogens is 289 g/mol. The summed E-state index contributed by atoms with van der Waals surface area (Å²) in [7, 11) is 0. The van der Waals surface area contributed by atoms with E-state index in [0.29, 0.717) is 5.02 Å². The predicted molar refractivity (Wildman–Crippen MR) is 74.1 cm³/mol. The van der Waals surface area contributed by atoms with E-state index in [4.69, 9.17) is 17.3 Å². The van der Waals surface area contributed by atoms with Gasteiger partial charge in [0.2, 0.25) is 0 Å². The van der Waals surface area contributed by atoms with Crippen LogP contribution in [0.2, 0.25) is 5.02 Å². The molecule has 5 nitrogen and oxygen atoms in total. The van der Waals surface area contributed by atoms with Gasteiger partial charge in [-0.15, -0.1) is 0 Å². The maximum Gasteiger partial charge on any atom is 0.271 e. The third-order valence-electron chi connectivity index (χ3n) is 2.61. The number of nitro benzene ring substituents is 1. The first-order valence-corrected chi connectivity index (χ1v) is 6.41. The van der Waals surface area contributed by atoms with Gasteiger partial charge in [0, 0.05) is 18.7 Å². The fourth-order valence-electron chi connectivity index (χ4n) is 1.61. The van der Waals surface area contributed by atoms with Crippen LogP contribution in [0.3, 0.4) is 0 Å². The van der Waals surface area contributed by atoms with Crippen LogP contribution in [0.5, 0.6) is 0 Å². The summed E-state index contributed by atoms with van der Waals surface area (Å²) < 4.78 is 0. The molecule has 0 bridgehead atoms. The second-order valence-corrected chi connectivity index (χ2v) is 4.46. The molecule has 0 radical (unpaired) electrons. The van der Waals surface area contributed by atoms with Crippen LogP contribution in [0.25, 0.3) is 0 Å². The second-order valence-electron chi connectivity index (χ2n) is 4.05. The van der Waals surface area contributed by atoms with Gasteiger partial charge < -0.3 is 23.5 Å². The lowest BCUT2D eigenvalue weighted by atomic mass is 10.2. The zero-order valence-electron chi connectivity index (χ0n) is 10.6. The number of anilines is 1. The maximum absolute atomic E-state index is 10.5. The molecule has 1 rings (SSSR count). The van der Waals surface area contributed by atoms with E-state index < -0.39 is 4.92 Å². The van der Waals surface area contributed by atoms with Gasteiger partial charge in [-0.2, -0.15) is 0 Å². The van der Waals surface area contributed by atoms with Gasteiger partial charge in [-0.05, 0) is 25.5 Å². The van der Waals surface area contributed by atoms with Crippen molar-refractivity contribution in [2.24, 2.45) is 5.73 Å². The molecule has 1 aromatic carbocycles. The normalized spacial score (nSPS) is 9.79. The Balaban J connectivity index is 0.00000324. The molecule has 19 heavy (non-hydrogen) atoms. The minimum atomic E-state index is -0.456. The van der Waals surface area contributed by atoms with Crippen molar-refractivity contribution in [2.75, 3.05) is 18.4 Å². The molecular formula is C12H18Cl2N3O2-. The SMILES string of the molecule is NCCCCCCNc1ccc([N+](=O)[O-])cc1Cl.[Cl-]. The van der Waals surface area contributed by atoms with Gasteiger partial charge in [0.05, 0.1) is 15.6 Å². The Kier molecular flexibility index (Phi) is 9.30. The van der Waals surface area contributed by atoms with Gasteiger partial charge >= 0.3 is 0 Å². The van der Waals surface area contributed by atoms with Crippen molar-refractivity contribution in [1.29, 1.82) is 0 Å². The van der Waals surface area contributed by atoms with Crippen molar-refractivity contribution in [3.63, 3.8) is 0 Å². The number of non-ortho nitro benzene ring substituents is 1. The summed E-state index contributed by atoms with van der Waals surface area (Å²) in [5.74, 6) is 0. The van der Waals surface area contributed by atoms with E-state index >= 15 is 0 Å². The molecule has 0 amide bonds. The summed E-state index contributed by atoms with van der Waals surface area (Å²) in [6.45, 7) is 1.55. The molecule has 0 aliphatic carbocycles. The van der Waals surface area contributed by atoms with E-state index in [0.717, 1.165) is 44.5 Å². The molecule has 0 atom stereocenters. The number of nitrogens with one attached hydrogen (secondary N) is 1. The largest absolute Gasteiger partial charge is 1.00 e. The number of halogens is 2. The highest BCUT2D eigenvalue weighted by Crippen LogP contribution is 2.26. The summed E-state index contributed by atoms with van der Waals surface area (Å²) in [6.07, 6.45) is 4.34. The number of rotatable bonds is 8. The summed E-state index contributed by atoms with van der Waals surface area (Å²) in [5, 5.41) is 14.1. The highest BCUT2D eigenvalue weighted by molar-refractivity contribution is 6.33. The molecule has 108 valence electrons. The molecule has 0 fully saturated rings. The first-order valence-electron chi connectivity index (χ1n) is 6.03. The topological polar surface area (TPSA) is 81.2 Å². The van der Waals surface area contributed by atoms with Gasteiger partial charge in [-0.3, -0.25) is 10.1 Å². The number of hydrogen-bond acceptors (Lipinski definition) is 4. The summed E-state index contributed by atoms with van der Waals surface area (Å²) in [4.78, 5) is 10.1. The van der Waals surface area contributed by atoms with E-state index in [2.05, 4.69) is 5.32 Å². The number of nitro groups is 1. The zero-order valence-corrected chi connectivity index (χ0v) is 12.1. The number of nitrogens with zero attached hydrogens (tertiary/aromatic N) is 1. The molecule has 0 heterocycles. The van der Waals surface area contributed by atoms with Gasteiger partial charge in [0.1, 0.15) is 0 Å². The Labute approximate surface area is 124 Å². The molecule has 7 heteroatoms. The van der Waals surface area contributed by atoms with Crippen LogP contribution < -0.4 is 23.5 Å². The van der Waals surface area contributed by atoms with Crippen molar-refractivity contribution >= 4 is 23.0 Å². The Morgan fingerprint density at radius 1 is 1.26 bits per heavy atom. The monoisotopic (exact) mass is 306 g/mol. The fourth-order valence-corrected chi connectivity index (χ4v) is 1.85. The summed E-state index contributed by atoms with van der Waals surface area (Å²) >= 11 is 5.95. The van der Waals surface area contributed by atoms with Crippen molar-refractivity contribution in [1.82, 2.24) is 0 Å². The van der Waals surface area contributed by atoms with Crippen LogP contribution in [-0.2, 0) is 0 Å². The van der Waals surface area contributed by atoms with Crippen LogP contribution in [0, 0.1) is 10.1 Å². The lowest BCUT2D eigenvalue weighted by Crippen LogP contribution is -3.00. The average Bonchev–Trinajstić information content (AvgIpc) is 2.35. The second kappa shape index (κ2) is 9.83. The van der Waals surface area contributed by atoms with Crippen LogP contribution in [-0.4, -0.2) is 18.0 Å². The third-order valence-corrected chi connectivity index (χ3v) is 2.92. The lowest BCUT2D eigenvalue weighted by Gasteiger charge is -2.07. The minimum Gasteiger partial charge on any atom is -1.00 e. The van der Waals surface area contributed by atoms with E-state index in [-0.39, 0.29) is 18.1 Å². The van der Waals surface area contributed by atoms with E-state index in [9.17, 15) is 10.1 Å². The molecule has 1 aromatic rings. The van der Waals surface area contributed by atoms with Crippen LogP contribution in [0.1, 0.15) is 25.7 Å². The molecule has 0 unspecified atom stereocenters. The quantitative estimate of drug-likeness (QED) is 0.408. The van der Waals surface area contributed by atoms with Gasteiger partial charge in [0.25, 0.3) is 5.69 Å². The van der Waals surface area contributed by atoms with Crippen LogP contribution in [0.4, 0.5) is 11.4 Å². The zero-order chi connectivity index (χ0) is 13.4. The molecule has 0 saturated heterocycles. The van der Waals surface area contributed by atoms with E-state index in [1.54, 1.807) is 6.07 Å². The Hall–Kier alpha value is -1.04. The molecule has 0 saturated carbocycles. The fraction of sp³-hybridized carbons (Fsp3) is 0.500. The number of nitrogens with two attached hydrogens (primary N) is 1. The van der Waals surface area contributed by atoms with Gasteiger partial charge in [0.15, 0.2) is 0 Å². The lowest BCUT2D eigenvalue weighted by molar-refractivity contribution is -0.384. The van der Waals surface area contributed by atoms with E-state index in [1.807, 2.05) is 0 Å². The van der Waals surface area contributed by atoms with Crippen molar-refractivity contribution in [3.05, 3.63) is 33.3 Å². The van der Waals surface area contributed by atoms with Gasteiger partial charge in [-0.25, -0.2) is 0 Å². The van der Waals surface area contributed by atoms with Crippen molar-refractivity contribution < 1.29 is 17.3 Å². The Bertz CT molecular complexity index is 403. The highest BCUT2D eigenvalue weighted by Gasteiger charge is 2.08. The first kappa shape index (κ1) is 18.0. The molecule has 0 aliphatic heterocycles. The number of unbranched alkanes of at least 4 members (excludes halogenated alkanes) is 3. The predicted octanol–water partition coefficient (Wildman–Crippen LogP) is 0.183. The average molecular weight is 307 g/mol. The molecule has 0 spiro atoms. The van der Waals surface area contributed by atoms with Crippen LogP contribution >= 0.6 is 11.6 Å². The number of hydrogen-bond donors (Lipinski definition) is 2. The van der Waals surface area contributed by atoms with Crippen molar-refractivity contribution in [3.8, 4) is 0 Å². The number of benzene rings is 1.